The second kappa shape index (κ2) is 5.07. The summed E-state index contributed by atoms with van der Waals surface area (Å²) in [6.07, 6.45) is 2.01. The number of hydrogen-bond acceptors (Lipinski definition) is 4. The maximum absolute atomic E-state index is 11.1. The number of nitrogens with one attached hydrogen (secondary N) is 1. The van der Waals surface area contributed by atoms with Crippen molar-refractivity contribution in [3.63, 3.8) is 0 Å². The minimum Gasteiger partial charge on any atom is -0.288 e. The number of nitrogen functional groups attached to an aromatic ring is 1. The van der Waals surface area contributed by atoms with E-state index in [-0.39, 0.29) is 5.91 Å². The van der Waals surface area contributed by atoms with E-state index in [1.807, 2.05) is 5.38 Å². The largest absolute Gasteiger partial charge is 0.294 e. The van der Waals surface area contributed by atoms with Crippen LogP contribution < -0.4 is 11.3 Å². The highest BCUT2D eigenvalue weighted by molar-refractivity contribution is 7.11. The molecule has 0 bridgehead atoms. The Balaban J connectivity index is 2.55. The van der Waals surface area contributed by atoms with Crippen molar-refractivity contribution in [3.8, 4) is 0 Å². The minimum atomic E-state index is -0.314. The van der Waals surface area contributed by atoms with E-state index in [1.165, 1.54) is 11.3 Å². The number of nitrogens with zero attached hydrogens (tertiary/aromatic N) is 1. The Kier molecular flexibility index (Phi) is 4.03. The Bertz CT molecular complexity index is 309. The van der Waals surface area contributed by atoms with E-state index in [0.29, 0.717) is 10.9 Å². The predicted octanol–water partition coefficient (Wildman–Crippen LogP) is 1.34. The van der Waals surface area contributed by atoms with Crippen molar-refractivity contribution < 1.29 is 4.79 Å². The van der Waals surface area contributed by atoms with Gasteiger partial charge in [0.1, 0.15) is 0 Å². The molecule has 0 radical (unpaired) electrons. The maximum Gasteiger partial charge on any atom is 0.294 e. The molecule has 14 heavy (non-hydrogen) atoms. The molecule has 0 aliphatic heterocycles. The summed E-state index contributed by atoms with van der Waals surface area (Å²) in [4.78, 5) is 15.3. The van der Waals surface area contributed by atoms with Gasteiger partial charge < -0.3 is 0 Å². The first kappa shape index (κ1) is 11.1. The second-order valence-corrected chi connectivity index (χ2v) is 4.41. The molecule has 0 aromatic carbocycles. The summed E-state index contributed by atoms with van der Waals surface area (Å²) in [7, 11) is 0. The van der Waals surface area contributed by atoms with Gasteiger partial charge in [-0.25, -0.2) is 10.8 Å². The topological polar surface area (TPSA) is 68.0 Å². The summed E-state index contributed by atoms with van der Waals surface area (Å²) in [5.41, 5.74) is 3.04. The molecule has 0 spiro atoms. The lowest BCUT2D eigenvalue weighted by molar-refractivity contribution is 0.0953. The van der Waals surface area contributed by atoms with Crippen molar-refractivity contribution in [3.05, 3.63) is 16.1 Å². The molecule has 1 amide bonds. The van der Waals surface area contributed by atoms with E-state index >= 15 is 0 Å². The van der Waals surface area contributed by atoms with Crippen LogP contribution in [0.15, 0.2) is 5.38 Å². The lowest BCUT2D eigenvalue weighted by atomic mass is 10.1. The zero-order valence-corrected chi connectivity index (χ0v) is 9.23. The van der Waals surface area contributed by atoms with Crippen molar-refractivity contribution in [1.82, 2.24) is 10.4 Å². The van der Waals surface area contributed by atoms with E-state index in [0.717, 1.165) is 18.5 Å². The Morgan fingerprint density at radius 3 is 3.00 bits per heavy atom. The molecule has 3 N–H and O–H groups in total. The molecule has 78 valence electrons. The number of carbonyl (C=O) groups is 1. The molecule has 0 unspecified atom stereocenters. The Morgan fingerprint density at radius 2 is 2.43 bits per heavy atom. The first-order valence-electron chi connectivity index (χ1n) is 4.59. The first-order chi connectivity index (χ1) is 6.63. The van der Waals surface area contributed by atoms with Crippen molar-refractivity contribution in [2.24, 2.45) is 11.8 Å². The summed E-state index contributed by atoms with van der Waals surface area (Å²) >= 11 is 1.33. The van der Waals surface area contributed by atoms with E-state index in [1.54, 1.807) is 0 Å². The zero-order chi connectivity index (χ0) is 10.6. The van der Waals surface area contributed by atoms with Crippen LogP contribution in [0.25, 0.3) is 0 Å². The van der Waals surface area contributed by atoms with Crippen LogP contribution in [0.4, 0.5) is 0 Å². The average Bonchev–Trinajstić information content (AvgIpc) is 2.62. The number of thiazole rings is 1. The van der Waals surface area contributed by atoms with Gasteiger partial charge in [0.05, 0.1) is 5.69 Å². The third-order valence-corrected chi connectivity index (χ3v) is 2.74. The Labute approximate surface area is 87.5 Å². The molecule has 1 rings (SSSR count). The molecule has 1 heterocycles. The van der Waals surface area contributed by atoms with E-state index in [2.05, 4.69) is 24.3 Å². The van der Waals surface area contributed by atoms with Crippen LogP contribution in [0.3, 0.4) is 0 Å². The molecular formula is C9H15N3OS. The van der Waals surface area contributed by atoms with Crippen LogP contribution in [-0.2, 0) is 6.42 Å². The van der Waals surface area contributed by atoms with E-state index in [4.69, 9.17) is 5.84 Å². The summed E-state index contributed by atoms with van der Waals surface area (Å²) < 4.78 is 0. The monoisotopic (exact) mass is 213 g/mol. The first-order valence-corrected chi connectivity index (χ1v) is 5.46. The molecule has 0 aliphatic rings. The minimum absolute atomic E-state index is 0.314. The van der Waals surface area contributed by atoms with Crippen molar-refractivity contribution in [2.75, 3.05) is 0 Å². The number of hydrazine groups is 1. The third-order valence-electron chi connectivity index (χ3n) is 1.85. The van der Waals surface area contributed by atoms with Gasteiger partial charge in [0.2, 0.25) is 0 Å². The lowest BCUT2D eigenvalue weighted by Crippen LogP contribution is -2.29. The van der Waals surface area contributed by atoms with Crippen LogP contribution in [0, 0.1) is 5.92 Å². The fourth-order valence-electron chi connectivity index (χ4n) is 1.02. The summed E-state index contributed by atoms with van der Waals surface area (Å²) in [5, 5.41) is 2.35. The molecule has 0 aliphatic carbocycles. The quantitative estimate of drug-likeness (QED) is 0.450. The van der Waals surface area contributed by atoms with Crippen molar-refractivity contribution in [1.29, 1.82) is 0 Å². The van der Waals surface area contributed by atoms with E-state index in [9.17, 15) is 4.79 Å². The van der Waals surface area contributed by atoms with Crippen LogP contribution in [0.1, 0.15) is 35.8 Å². The number of amides is 1. The van der Waals surface area contributed by atoms with Crippen molar-refractivity contribution >= 4 is 17.2 Å². The summed E-state index contributed by atoms with van der Waals surface area (Å²) in [6.45, 7) is 4.33. The van der Waals surface area contributed by atoms with Gasteiger partial charge in [-0.2, -0.15) is 0 Å². The number of rotatable bonds is 4. The molecule has 0 saturated heterocycles. The highest BCUT2D eigenvalue weighted by Crippen LogP contribution is 2.13. The van der Waals surface area contributed by atoms with Gasteiger partial charge in [0.15, 0.2) is 5.01 Å². The molecule has 0 atom stereocenters. The van der Waals surface area contributed by atoms with E-state index < -0.39 is 0 Å². The lowest BCUT2D eigenvalue weighted by Gasteiger charge is -2.00. The fraction of sp³-hybridized carbons (Fsp3) is 0.556. The maximum atomic E-state index is 11.1. The van der Waals surface area contributed by atoms with Gasteiger partial charge in [-0.1, -0.05) is 13.8 Å². The zero-order valence-electron chi connectivity index (χ0n) is 8.41. The molecule has 5 heteroatoms. The SMILES string of the molecule is CC(C)CCc1csc(C(=O)NN)n1. The Morgan fingerprint density at radius 1 is 1.71 bits per heavy atom. The highest BCUT2D eigenvalue weighted by Gasteiger charge is 2.09. The van der Waals surface area contributed by atoms with Gasteiger partial charge in [0, 0.05) is 5.38 Å². The molecule has 4 nitrogen and oxygen atoms in total. The molecule has 1 aromatic rings. The van der Waals surface area contributed by atoms with Crippen LogP contribution >= 0.6 is 11.3 Å². The van der Waals surface area contributed by atoms with Gasteiger partial charge >= 0.3 is 0 Å². The number of aryl methyl sites for hydroxylation is 1. The summed E-state index contributed by atoms with van der Waals surface area (Å²) in [6, 6.07) is 0. The van der Waals surface area contributed by atoms with Gasteiger partial charge in [0.25, 0.3) is 5.91 Å². The molecule has 0 saturated carbocycles. The smallest absolute Gasteiger partial charge is 0.288 e. The highest BCUT2D eigenvalue weighted by atomic mass is 32.1. The number of aromatic nitrogens is 1. The summed E-state index contributed by atoms with van der Waals surface area (Å²) in [5.74, 6) is 5.34. The Hall–Kier alpha value is -0.940. The van der Waals surface area contributed by atoms with Crippen molar-refractivity contribution in [2.45, 2.75) is 26.7 Å². The van der Waals surface area contributed by atoms with Crippen LogP contribution in [-0.4, -0.2) is 10.9 Å². The number of hydrogen-bond donors (Lipinski definition) is 2. The average molecular weight is 213 g/mol. The normalized spacial score (nSPS) is 10.6. The molecule has 1 aromatic heterocycles. The molecular weight excluding hydrogens is 198 g/mol. The second-order valence-electron chi connectivity index (χ2n) is 3.55. The number of carbonyl (C=O) groups excluding carboxylic acids is 1. The fourth-order valence-corrected chi connectivity index (χ4v) is 1.78. The van der Waals surface area contributed by atoms with Gasteiger partial charge in [-0.3, -0.25) is 10.2 Å². The standard InChI is InChI=1S/C9H15N3OS/c1-6(2)3-4-7-5-14-9(11-7)8(13)12-10/h5-6H,3-4,10H2,1-2H3,(H,12,13). The predicted molar refractivity (Wildman–Crippen MR) is 56.9 cm³/mol. The van der Waals surface area contributed by atoms with Gasteiger partial charge in [-0.05, 0) is 18.8 Å². The third kappa shape index (κ3) is 3.08. The molecule has 0 fully saturated rings. The number of nitrogens with two attached hydrogens (primary N) is 1. The van der Waals surface area contributed by atoms with Crippen LogP contribution in [0.2, 0.25) is 0 Å². The van der Waals surface area contributed by atoms with Gasteiger partial charge in [-0.15, -0.1) is 11.3 Å². The van der Waals surface area contributed by atoms with Crippen LogP contribution in [0.5, 0.6) is 0 Å².